The van der Waals surface area contributed by atoms with Gasteiger partial charge in [-0.2, -0.15) is 9.57 Å². The van der Waals surface area contributed by atoms with Crippen molar-refractivity contribution in [3.63, 3.8) is 0 Å². The Morgan fingerprint density at radius 1 is 1.12 bits per heavy atom. The summed E-state index contributed by atoms with van der Waals surface area (Å²) in [7, 11) is -3.70. The summed E-state index contributed by atoms with van der Waals surface area (Å²) >= 11 is 0. The number of hydrogen-bond acceptors (Lipinski definition) is 9. The highest BCUT2D eigenvalue weighted by Gasteiger charge is 2.33. The molecule has 11 nitrogen and oxygen atoms in total. The highest BCUT2D eigenvalue weighted by molar-refractivity contribution is 7.89. The second-order valence-electron chi connectivity index (χ2n) is 8.17. The zero-order chi connectivity index (χ0) is 22.9. The fourth-order valence-corrected chi connectivity index (χ4v) is 6.02. The maximum absolute atomic E-state index is 13.0. The van der Waals surface area contributed by atoms with Crippen molar-refractivity contribution in [3.8, 4) is 6.07 Å². The number of nitrogens with zero attached hydrogens (tertiary/aromatic N) is 7. The van der Waals surface area contributed by atoms with E-state index in [9.17, 15) is 18.8 Å². The Bertz CT molecular complexity index is 1150. The van der Waals surface area contributed by atoms with E-state index in [1.807, 2.05) is 9.47 Å². The van der Waals surface area contributed by atoms with Crippen LogP contribution in [0, 0.1) is 25.2 Å². The lowest BCUT2D eigenvalue weighted by atomic mass is 10.2. The molecule has 0 spiro atoms. The average Bonchev–Trinajstić information content (AvgIpc) is 3.22. The number of aryl methyl sites for hydroxylation is 3. The lowest BCUT2D eigenvalue weighted by Crippen LogP contribution is -2.49. The molecule has 0 aliphatic carbocycles. The van der Waals surface area contributed by atoms with E-state index in [-0.39, 0.29) is 41.6 Å². The van der Waals surface area contributed by atoms with Crippen molar-refractivity contribution in [3.05, 3.63) is 28.9 Å². The molecule has 172 valence electrons. The molecule has 0 atom stereocenters. The molecule has 4 heterocycles. The number of hydrogen-bond donors (Lipinski definition) is 1. The molecule has 1 N–H and O–H groups in total. The van der Waals surface area contributed by atoms with E-state index in [0.29, 0.717) is 24.6 Å². The molecule has 32 heavy (non-hydrogen) atoms. The zero-order valence-electron chi connectivity index (χ0n) is 18.3. The van der Waals surface area contributed by atoms with Gasteiger partial charge in [0.05, 0.1) is 6.54 Å². The van der Waals surface area contributed by atoms with Crippen LogP contribution in [0.5, 0.6) is 0 Å². The van der Waals surface area contributed by atoms with Crippen LogP contribution < -0.4 is 0 Å². The minimum absolute atomic E-state index is 0.0750. The zero-order valence-corrected chi connectivity index (χ0v) is 19.1. The van der Waals surface area contributed by atoms with E-state index < -0.39 is 10.0 Å². The van der Waals surface area contributed by atoms with Gasteiger partial charge in [-0.3, -0.25) is 4.90 Å². The van der Waals surface area contributed by atoms with Crippen LogP contribution in [0.25, 0.3) is 5.57 Å². The van der Waals surface area contributed by atoms with Gasteiger partial charge in [0, 0.05) is 39.1 Å². The van der Waals surface area contributed by atoms with Crippen molar-refractivity contribution in [1.29, 1.82) is 5.26 Å². The van der Waals surface area contributed by atoms with E-state index >= 15 is 0 Å². The van der Waals surface area contributed by atoms with Crippen LogP contribution in [-0.2, 0) is 23.0 Å². The fraction of sp³-hybridized carbons (Fsp3) is 0.600. The molecule has 2 aromatic heterocycles. The minimum Gasteiger partial charge on any atom is -0.509 e. The molecule has 0 saturated carbocycles. The van der Waals surface area contributed by atoms with E-state index in [2.05, 4.69) is 21.4 Å². The Morgan fingerprint density at radius 2 is 1.88 bits per heavy atom. The molecular weight excluding hydrogens is 434 g/mol. The van der Waals surface area contributed by atoms with Gasteiger partial charge in [0.15, 0.2) is 11.6 Å². The predicted molar refractivity (Wildman–Crippen MR) is 114 cm³/mol. The third kappa shape index (κ3) is 4.15. The lowest BCUT2D eigenvalue weighted by Gasteiger charge is -2.33. The summed E-state index contributed by atoms with van der Waals surface area (Å²) in [5, 5.41) is 32.6. The van der Waals surface area contributed by atoms with Crippen molar-refractivity contribution in [1.82, 2.24) is 29.1 Å². The smallest absolute Gasteiger partial charge is 0.248 e. The van der Waals surface area contributed by atoms with Gasteiger partial charge < -0.3 is 14.2 Å². The molecule has 0 unspecified atom stereocenters. The third-order valence-electron chi connectivity index (χ3n) is 6.00. The quantitative estimate of drug-likeness (QED) is 0.516. The summed E-state index contributed by atoms with van der Waals surface area (Å²) in [6.07, 6.45) is 3.94. The van der Waals surface area contributed by atoms with Gasteiger partial charge in [-0.25, -0.2) is 8.42 Å². The SMILES string of the molecule is Cc1noc(C)c1S(=O)(=O)N1CCN(CC(O)=C(C#N)c2nnc3n2CCCCC3)CC1. The molecule has 2 aromatic rings. The van der Waals surface area contributed by atoms with Crippen LogP contribution in [0.3, 0.4) is 0 Å². The number of rotatable bonds is 5. The summed E-state index contributed by atoms with van der Waals surface area (Å²) in [5.41, 5.74) is 0.466. The Balaban J connectivity index is 1.46. The van der Waals surface area contributed by atoms with Crippen LogP contribution in [0.15, 0.2) is 15.2 Å². The predicted octanol–water partition coefficient (Wildman–Crippen LogP) is 1.41. The molecule has 0 aromatic carbocycles. The van der Waals surface area contributed by atoms with Gasteiger partial charge in [-0.05, 0) is 26.7 Å². The van der Waals surface area contributed by atoms with Crippen LogP contribution >= 0.6 is 0 Å². The molecule has 12 heteroatoms. The number of allylic oxidation sites excluding steroid dienone is 1. The lowest BCUT2D eigenvalue weighted by molar-refractivity contribution is 0.181. The van der Waals surface area contributed by atoms with Crippen molar-refractivity contribution in [2.75, 3.05) is 32.7 Å². The van der Waals surface area contributed by atoms with Crippen molar-refractivity contribution < 1.29 is 18.0 Å². The number of sulfonamides is 1. The van der Waals surface area contributed by atoms with E-state index in [1.54, 1.807) is 13.8 Å². The number of aliphatic hydroxyl groups is 1. The monoisotopic (exact) mass is 461 g/mol. The molecule has 2 aliphatic heterocycles. The Kier molecular flexibility index (Phi) is 6.32. The second kappa shape index (κ2) is 9.01. The van der Waals surface area contributed by atoms with Gasteiger partial charge in [0.25, 0.3) is 0 Å². The Morgan fingerprint density at radius 3 is 2.53 bits per heavy atom. The van der Waals surface area contributed by atoms with Crippen LogP contribution in [0.1, 0.15) is 42.4 Å². The van der Waals surface area contributed by atoms with E-state index in [1.165, 1.54) is 4.31 Å². The summed E-state index contributed by atoms with van der Waals surface area (Å²) in [5.74, 6) is 1.45. The van der Waals surface area contributed by atoms with Crippen LogP contribution in [0.2, 0.25) is 0 Å². The minimum atomic E-state index is -3.70. The van der Waals surface area contributed by atoms with E-state index in [4.69, 9.17) is 4.52 Å². The Hall–Kier alpha value is -2.75. The number of piperazine rings is 1. The number of aromatic nitrogens is 4. The van der Waals surface area contributed by atoms with E-state index in [0.717, 1.165) is 38.1 Å². The summed E-state index contributed by atoms with van der Waals surface area (Å²) in [4.78, 5) is 2.04. The first-order valence-corrected chi connectivity index (χ1v) is 12.2. The van der Waals surface area contributed by atoms with Crippen LogP contribution in [0.4, 0.5) is 0 Å². The fourth-order valence-electron chi connectivity index (χ4n) is 4.30. The molecule has 0 amide bonds. The van der Waals surface area contributed by atoms with Crippen molar-refractivity contribution in [2.24, 2.45) is 0 Å². The summed E-state index contributed by atoms with van der Waals surface area (Å²) in [6, 6.07) is 2.08. The molecule has 0 bridgehead atoms. The second-order valence-corrected chi connectivity index (χ2v) is 10.0. The highest BCUT2D eigenvalue weighted by Crippen LogP contribution is 2.25. The molecule has 0 radical (unpaired) electrons. The van der Waals surface area contributed by atoms with Gasteiger partial charge in [0.2, 0.25) is 10.0 Å². The highest BCUT2D eigenvalue weighted by atomic mass is 32.2. The third-order valence-corrected chi connectivity index (χ3v) is 8.15. The summed E-state index contributed by atoms with van der Waals surface area (Å²) < 4.78 is 34.3. The molecule has 1 saturated heterocycles. The average molecular weight is 462 g/mol. The largest absolute Gasteiger partial charge is 0.509 e. The van der Waals surface area contributed by atoms with Gasteiger partial charge in [-0.15, -0.1) is 10.2 Å². The standard InChI is InChI=1S/C20H27N7O4S/c1-14-19(15(2)31-24-14)32(29,30)26-10-8-25(9-11-26)13-17(28)16(12-21)20-23-22-18-6-4-3-5-7-27(18)20/h28H,3-11,13H2,1-2H3. The van der Waals surface area contributed by atoms with Crippen molar-refractivity contribution in [2.45, 2.75) is 51.0 Å². The van der Waals surface area contributed by atoms with Gasteiger partial charge in [0.1, 0.15) is 33.8 Å². The molecule has 4 rings (SSSR count). The number of fused-ring (bicyclic) bond motifs is 1. The molecule has 1 fully saturated rings. The number of aliphatic hydroxyl groups excluding tert-OH is 1. The number of nitriles is 1. The summed E-state index contributed by atoms with van der Waals surface area (Å²) in [6.45, 7) is 5.44. The first kappa shape index (κ1) is 22.4. The van der Waals surface area contributed by atoms with Gasteiger partial charge >= 0.3 is 0 Å². The van der Waals surface area contributed by atoms with Gasteiger partial charge in [-0.1, -0.05) is 11.6 Å². The maximum atomic E-state index is 13.0. The maximum Gasteiger partial charge on any atom is 0.248 e. The van der Waals surface area contributed by atoms with Crippen molar-refractivity contribution >= 4 is 15.6 Å². The first-order chi connectivity index (χ1) is 15.3. The normalized spacial score (nSPS) is 19.2. The topological polar surface area (TPSA) is 141 Å². The molecular formula is C20H27N7O4S. The Labute approximate surface area is 187 Å². The molecule has 2 aliphatic rings. The van der Waals surface area contributed by atoms with Crippen LogP contribution in [-0.4, -0.2) is 75.4 Å². The first-order valence-electron chi connectivity index (χ1n) is 10.7.